The van der Waals surface area contributed by atoms with Crippen LogP contribution in [-0.4, -0.2) is 44.1 Å². The van der Waals surface area contributed by atoms with Crippen LogP contribution < -0.4 is 10.0 Å². The Hall–Kier alpha value is -3.04. The predicted octanol–water partition coefficient (Wildman–Crippen LogP) is 1.28. The van der Waals surface area contributed by atoms with E-state index in [0.29, 0.717) is 11.1 Å². The van der Waals surface area contributed by atoms with Gasteiger partial charge in [0.25, 0.3) is 17.7 Å². The summed E-state index contributed by atoms with van der Waals surface area (Å²) in [5, 5.41) is 2.13. The van der Waals surface area contributed by atoms with Crippen LogP contribution in [0.25, 0.3) is 0 Å². The van der Waals surface area contributed by atoms with Crippen LogP contribution in [0.4, 0.5) is 0 Å². The first-order valence-electron chi connectivity index (χ1n) is 9.23. The molecule has 2 aromatic carbocycles. The minimum atomic E-state index is -3.91. The molecule has 1 saturated heterocycles. The highest BCUT2D eigenvalue weighted by atomic mass is 32.2. The number of hydrogen-bond acceptors (Lipinski definition) is 5. The maximum atomic E-state index is 12.6. The molecule has 0 radical (unpaired) electrons. The molecular weight excluding hydrogens is 394 g/mol. The van der Waals surface area contributed by atoms with Crippen molar-refractivity contribution in [2.24, 2.45) is 0 Å². The van der Waals surface area contributed by atoms with Crippen molar-refractivity contribution in [3.8, 4) is 0 Å². The first-order chi connectivity index (χ1) is 13.8. The van der Waals surface area contributed by atoms with Crippen molar-refractivity contribution >= 4 is 27.7 Å². The van der Waals surface area contributed by atoms with Crippen LogP contribution >= 0.6 is 0 Å². The molecule has 1 fully saturated rings. The number of hydrogen-bond donors (Lipinski definition) is 2. The number of rotatable bonds is 5. The molecule has 2 aliphatic heterocycles. The SMILES string of the molecule is O=C1NC(=O)c2cc(S(=O)(=O)NCc3cccc(C(=O)N4CCCC4)c3)ccc21. The standard InChI is InChI=1S/C20H19N3O5S/c24-18-16-7-6-15(11-17(16)19(25)22-18)29(27,28)21-12-13-4-3-5-14(10-13)20(26)23-8-1-2-9-23/h3-7,10-11,21H,1-2,8-9,12H2,(H,22,24,25). The second-order valence-electron chi connectivity index (χ2n) is 7.01. The molecule has 0 aliphatic carbocycles. The largest absolute Gasteiger partial charge is 0.339 e. The molecule has 2 N–H and O–H groups in total. The number of nitrogens with zero attached hydrogens (tertiary/aromatic N) is 1. The van der Waals surface area contributed by atoms with Gasteiger partial charge in [-0.2, -0.15) is 0 Å². The second-order valence-corrected chi connectivity index (χ2v) is 8.78. The molecular formula is C20H19N3O5S. The highest BCUT2D eigenvalue weighted by molar-refractivity contribution is 7.89. The summed E-state index contributed by atoms with van der Waals surface area (Å²) in [7, 11) is -3.91. The molecule has 2 heterocycles. The summed E-state index contributed by atoms with van der Waals surface area (Å²) in [4.78, 5) is 37.6. The van der Waals surface area contributed by atoms with Crippen LogP contribution in [-0.2, 0) is 16.6 Å². The molecule has 0 atom stereocenters. The van der Waals surface area contributed by atoms with Gasteiger partial charge in [-0.3, -0.25) is 19.7 Å². The Morgan fingerprint density at radius 2 is 1.72 bits per heavy atom. The van der Waals surface area contributed by atoms with E-state index in [9.17, 15) is 22.8 Å². The number of carbonyl (C=O) groups is 3. The van der Waals surface area contributed by atoms with E-state index in [1.54, 1.807) is 29.2 Å². The highest BCUT2D eigenvalue weighted by Crippen LogP contribution is 2.20. The molecule has 0 bridgehead atoms. The summed E-state index contributed by atoms with van der Waals surface area (Å²) in [6.45, 7) is 1.47. The van der Waals surface area contributed by atoms with Crippen molar-refractivity contribution in [2.45, 2.75) is 24.3 Å². The van der Waals surface area contributed by atoms with E-state index in [-0.39, 0.29) is 28.5 Å². The number of nitrogens with one attached hydrogen (secondary N) is 2. The van der Waals surface area contributed by atoms with Gasteiger partial charge >= 0.3 is 0 Å². The van der Waals surface area contributed by atoms with Gasteiger partial charge in [0.1, 0.15) is 0 Å². The van der Waals surface area contributed by atoms with Crippen LogP contribution in [0.5, 0.6) is 0 Å². The minimum Gasteiger partial charge on any atom is -0.339 e. The van der Waals surface area contributed by atoms with Gasteiger partial charge in [0.05, 0.1) is 16.0 Å². The third-order valence-corrected chi connectivity index (χ3v) is 6.45. The van der Waals surface area contributed by atoms with Crippen LogP contribution in [0.1, 0.15) is 49.5 Å². The summed E-state index contributed by atoms with van der Waals surface area (Å²) in [5.41, 5.74) is 1.36. The van der Waals surface area contributed by atoms with E-state index >= 15 is 0 Å². The van der Waals surface area contributed by atoms with Crippen molar-refractivity contribution < 1.29 is 22.8 Å². The van der Waals surface area contributed by atoms with E-state index in [1.807, 2.05) is 0 Å². The molecule has 3 amide bonds. The van der Waals surface area contributed by atoms with Crippen LogP contribution in [0.15, 0.2) is 47.4 Å². The number of imide groups is 1. The molecule has 0 spiro atoms. The summed E-state index contributed by atoms with van der Waals surface area (Å²) >= 11 is 0. The van der Waals surface area contributed by atoms with E-state index in [0.717, 1.165) is 25.9 Å². The lowest BCUT2D eigenvalue weighted by Crippen LogP contribution is -2.28. The third-order valence-electron chi connectivity index (χ3n) is 5.05. The molecule has 29 heavy (non-hydrogen) atoms. The first-order valence-corrected chi connectivity index (χ1v) is 10.7. The fraction of sp³-hybridized carbons (Fsp3) is 0.250. The van der Waals surface area contributed by atoms with Crippen LogP contribution in [0.3, 0.4) is 0 Å². The zero-order valence-electron chi connectivity index (χ0n) is 15.5. The Balaban J connectivity index is 1.49. The van der Waals surface area contributed by atoms with E-state index in [4.69, 9.17) is 0 Å². The fourth-order valence-electron chi connectivity index (χ4n) is 3.49. The van der Waals surface area contributed by atoms with Gasteiger partial charge in [-0.1, -0.05) is 12.1 Å². The maximum Gasteiger partial charge on any atom is 0.258 e. The van der Waals surface area contributed by atoms with E-state index in [1.165, 1.54) is 18.2 Å². The molecule has 150 valence electrons. The lowest BCUT2D eigenvalue weighted by molar-refractivity contribution is 0.0791. The minimum absolute atomic E-state index is 0.00827. The zero-order chi connectivity index (χ0) is 20.6. The smallest absolute Gasteiger partial charge is 0.258 e. The Morgan fingerprint density at radius 1 is 1.00 bits per heavy atom. The van der Waals surface area contributed by atoms with Gasteiger partial charge in [0.2, 0.25) is 10.0 Å². The Morgan fingerprint density at radius 3 is 2.48 bits per heavy atom. The quantitative estimate of drug-likeness (QED) is 0.717. The second kappa shape index (κ2) is 7.41. The van der Waals surface area contributed by atoms with Crippen molar-refractivity contribution in [3.05, 3.63) is 64.7 Å². The molecule has 2 aliphatic rings. The number of amides is 3. The average molecular weight is 413 g/mol. The third kappa shape index (κ3) is 3.79. The summed E-state index contributed by atoms with van der Waals surface area (Å²) in [5.74, 6) is -1.21. The van der Waals surface area contributed by atoms with E-state index in [2.05, 4.69) is 10.0 Å². The number of sulfonamides is 1. The van der Waals surface area contributed by atoms with Crippen molar-refractivity contribution in [1.82, 2.24) is 14.9 Å². The number of carbonyl (C=O) groups excluding carboxylic acids is 3. The van der Waals surface area contributed by atoms with Crippen LogP contribution in [0.2, 0.25) is 0 Å². The Kier molecular flexibility index (Phi) is 4.93. The molecule has 0 unspecified atom stereocenters. The summed E-state index contributed by atoms with van der Waals surface area (Å²) in [6.07, 6.45) is 1.99. The molecule has 4 rings (SSSR count). The molecule has 0 aromatic heterocycles. The number of benzene rings is 2. The fourth-order valence-corrected chi connectivity index (χ4v) is 4.54. The Labute approximate surface area is 168 Å². The normalized spacial score (nSPS) is 16.1. The molecule has 0 saturated carbocycles. The zero-order valence-corrected chi connectivity index (χ0v) is 16.3. The maximum absolute atomic E-state index is 12.6. The molecule has 8 nitrogen and oxygen atoms in total. The van der Waals surface area contributed by atoms with Gasteiger partial charge in [-0.05, 0) is 48.7 Å². The summed E-state index contributed by atoms with van der Waals surface area (Å²) < 4.78 is 27.7. The number of likely N-dealkylation sites (tertiary alicyclic amines) is 1. The van der Waals surface area contributed by atoms with Crippen molar-refractivity contribution in [3.63, 3.8) is 0 Å². The topological polar surface area (TPSA) is 113 Å². The predicted molar refractivity (Wildman–Crippen MR) is 104 cm³/mol. The molecule has 9 heteroatoms. The number of fused-ring (bicyclic) bond motifs is 1. The highest BCUT2D eigenvalue weighted by Gasteiger charge is 2.28. The van der Waals surface area contributed by atoms with Gasteiger partial charge in [-0.15, -0.1) is 0 Å². The van der Waals surface area contributed by atoms with Crippen molar-refractivity contribution in [1.29, 1.82) is 0 Å². The monoisotopic (exact) mass is 413 g/mol. The lowest BCUT2D eigenvalue weighted by Gasteiger charge is -2.15. The first kappa shape index (κ1) is 19.3. The van der Waals surface area contributed by atoms with E-state index < -0.39 is 21.8 Å². The van der Waals surface area contributed by atoms with Gasteiger partial charge in [0.15, 0.2) is 0 Å². The molecule has 2 aromatic rings. The lowest BCUT2D eigenvalue weighted by atomic mass is 10.1. The average Bonchev–Trinajstić information content (AvgIpc) is 3.35. The Bertz CT molecular complexity index is 1120. The van der Waals surface area contributed by atoms with Gasteiger partial charge in [-0.25, -0.2) is 13.1 Å². The van der Waals surface area contributed by atoms with Crippen molar-refractivity contribution in [2.75, 3.05) is 13.1 Å². The van der Waals surface area contributed by atoms with Gasteiger partial charge < -0.3 is 4.90 Å². The summed E-state index contributed by atoms with van der Waals surface area (Å²) in [6, 6.07) is 10.6. The van der Waals surface area contributed by atoms with Gasteiger partial charge in [0, 0.05) is 25.2 Å². The van der Waals surface area contributed by atoms with Crippen LogP contribution in [0, 0.1) is 0 Å².